The van der Waals surface area contributed by atoms with Crippen LogP contribution >= 0.6 is 0 Å². The van der Waals surface area contributed by atoms with Gasteiger partial charge in [-0.2, -0.15) is 4.31 Å². The van der Waals surface area contributed by atoms with Gasteiger partial charge in [0.05, 0.1) is 17.3 Å². The van der Waals surface area contributed by atoms with Gasteiger partial charge in [0, 0.05) is 37.9 Å². The van der Waals surface area contributed by atoms with E-state index in [-0.39, 0.29) is 38.2 Å². The van der Waals surface area contributed by atoms with Crippen molar-refractivity contribution in [2.24, 2.45) is 0 Å². The normalized spacial score (nSPS) is 17.3. The molecule has 0 fully saturated rings. The van der Waals surface area contributed by atoms with E-state index in [1.165, 1.54) is 10.4 Å². The Morgan fingerprint density at radius 1 is 1.10 bits per heavy atom. The van der Waals surface area contributed by atoms with Crippen molar-refractivity contribution >= 4 is 10.0 Å². The zero-order valence-corrected chi connectivity index (χ0v) is 18.5. The first-order valence-electron chi connectivity index (χ1n) is 10.1. The standard InChI is InChI=1S/C22H30N2O5S/c1-22(2,3)30(28,29)24-15-17-13-20(27)23(14-16-7-5-4-6-8-16)18(9-11-25)21(17)19(24)10-12-26/h4-8,13,19,25-26H,9-12,14-15H2,1-3H3/t19-/m0/s1. The van der Waals surface area contributed by atoms with E-state index < -0.39 is 20.8 Å². The van der Waals surface area contributed by atoms with E-state index in [1.807, 2.05) is 30.3 Å². The number of aromatic nitrogens is 1. The molecule has 0 aliphatic carbocycles. The molecule has 2 N–H and O–H groups in total. The highest BCUT2D eigenvalue weighted by Gasteiger charge is 2.45. The van der Waals surface area contributed by atoms with Gasteiger partial charge >= 0.3 is 0 Å². The Balaban J connectivity index is 2.18. The van der Waals surface area contributed by atoms with Gasteiger partial charge < -0.3 is 14.8 Å². The van der Waals surface area contributed by atoms with E-state index >= 15 is 0 Å². The number of sulfonamides is 1. The lowest BCUT2D eigenvalue weighted by Gasteiger charge is -2.31. The van der Waals surface area contributed by atoms with E-state index in [0.29, 0.717) is 17.8 Å². The summed E-state index contributed by atoms with van der Waals surface area (Å²) in [5, 5.41) is 19.4. The van der Waals surface area contributed by atoms with Crippen LogP contribution in [0.25, 0.3) is 0 Å². The number of hydrogen-bond acceptors (Lipinski definition) is 5. The molecule has 0 amide bonds. The molecule has 2 heterocycles. The Kier molecular flexibility index (Phi) is 6.52. The highest BCUT2D eigenvalue weighted by Crippen LogP contribution is 2.42. The van der Waals surface area contributed by atoms with E-state index in [9.17, 15) is 23.4 Å². The summed E-state index contributed by atoms with van der Waals surface area (Å²) in [7, 11) is -3.68. The third-order valence-electron chi connectivity index (χ3n) is 5.57. The molecular formula is C22H30N2O5S. The number of pyridine rings is 1. The third-order valence-corrected chi connectivity index (χ3v) is 8.12. The van der Waals surface area contributed by atoms with Crippen molar-refractivity contribution < 1.29 is 18.6 Å². The van der Waals surface area contributed by atoms with Gasteiger partial charge in [0.2, 0.25) is 10.0 Å². The second kappa shape index (κ2) is 8.63. The molecule has 1 aromatic heterocycles. The number of benzene rings is 1. The van der Waals surface area contributed by atoms with Crippen LogP contribution in [0.2, 0.25) is 0 Å². The highest BCUT2D eigenvalue weighted by atomic mass is 32.2. The number of rotatable bonds is 7. The smallest absolute Gasteiger partial charge is 0.251 e. The molecule has 0 bridgehead atoms. The number of aliphatic hydroxyl groups excluding tert-OH is 2. The van der Waals surface area contributed by atoms with Crippen molar-refractivity contribution in [1.82, 2.24) is 8.87 Å². The van der Waals surface area contributed by atoms with Gasteiger partial charge in [0.25, 0.3) is 5.56 Å². The van der Waals surface area contributed by atoms with Gasteiger partial charge in [-0.1, -0.05) is 30.3 Å². The molecule has 0 spiro atoms. The van der Waals surface area contributed by atoms with Crippen LogP contribution in [-0.4, -0.2) is 45.5 Å². The zero-order chi connectivity index (χ0) is 22.1. The maximum absolute atomic E-state index is 13.2. The largest absolute Gasteiger partial charge is 0.396 e. The molecule has 0 saturated heterocycles. The molecule has 3 rings (SSSR count). The van der Waals surface area contributed by atoms with E-state index in [4.69, 9.17) is 0 Å². The molecule has 30 heavy (non-hydrogen) atoms. The van der Waals surface area contributed by atoms with Crippen molar-refractivity contribution in [1.29, 1.82) is 0 Å². The SMILES string of the molecule is CC(C)(C)S(=O)(=O)N1Cc2cc(=O)n(Cc3ccccc3)c(CCO)c2[C@@H]1CCO. The van der Waals surface area contributed by atoms with Crippen molar-refractivity contribution in [3.8, 4) is 0 Å². The second-order valence-corrected chi connectivity index (χ2v) is 11.2. The third kappa shape index (κ3) is 4.09. The fourth-order valence-corrected chi connectivity index (χ4v) is 5.62. The first-order chi connectivity index (χ1) is 14.1. The summed E-state index contributed by atoms with van der Waals surface area (Å²) in [6, 6.07) is 10.5. The molecule has 8 heteroatoms. The molecular weight excluding hydrogens is 404 g/mol. The predicted octanol–water partition coefficient (Wildman–Crippen LogP) is 1.80. The summed E-state index contributed by atoms with van der Waals surface area (Å²) in [5.74, 6) is 0. The van der Waals surface area contributed by atoms with Crippen LogP contribution in [0.1, 0.15) is 55.6 Å². The second-order valence-electron chi connectivity index (χ2n) is 8.60. The molecule has 1 aliphatic rings. The van der Waals surface area contributed by atoms with Gasteiger partial charge in [-0.15, -0.1) is 0 Å². The molecule has 2 aromatic rings. The Morgan fingerprint density at radius 2 is 1.77 bits per heavy atom. The molecule has 0 radical (unpaired) electrons. The summed E-state index contributed by atoms with van der Waals surface area (Å²) in [4.78, 5) is 13.0. The minimum atomic E-state index is -3.68. The van der Waals surface area contributed by atoms with E-state index in [1.54, 1.807) is 25.3 Å². The number of fused-ring (bicyclic) bond motifs is 1. The Bertz CT molecular complexity index is 1060. The summed E-state index contributed by atoms with van der Waals surface area (Å²) in [5.41, 5.74) is 2.74. The summed E-state index contributed by atoms with van der Waals surface area (Å²) >= 11 is 0. The van der Waals surface area contributed by atoms with Gasteiger partial charge in [-0.05, 0) is 43.9 Å². The average molecular weight is 435 g/mol. The molecule has 164 valence electrons. The fraction of sp³-hybridized carbons (Fsp3) is 0.500. The van der Waals surface area contributed by atoms with Crippen LogP contribution in [-0.2, 0) is 29.5 Å². The van der Waals surface area contributed by atoms with Crippen molar-refractivity contribution in [2.45, 2.75) is 57.5 Å². The highest BCUT2D eigenvalue weighted by molar-refractivity contribution is 7.90. The van der Waals surface area contributed by atoms with Gasteiger partial charge in [0.15, 0.2) is 0 Å². The molecule has 1 aliphatic heterocycles. The quantitative estimate of drug-likeness (QED) is 0.692. The Labute approximate surface area is 177 Å². The monoisotopic (exact) mass is 434 g/mol. The Morgan fingerprint density at radius 3 is 2.33 bits per heavy atom. The van der Waals surface area contributed by atoms with Gasteiger partial charge in [-0.25, -0.2) is 8.42 Å². The molecule has 7 nitrogen and oxygen atoms in total. The summed E-state index contributed by atoms with van der Waals surface area (Å²) in [6.45, 7) is 5.01. The number of hydrogen-bond donors (Lipinski definition) is 2. The average Bonchev–Trinajstić information content (AvgIpc) is 3.03. The predicted molar refractivity (Wildman–Crippen MR) is 116 cm³/mol. The van der Waals surface area contributed by atoms with Crippen LogP contribution in [0, 0.1) is 0 Å². The number of nitrogens with zero attached hydrogens (tertiary/aromatic N) is 2. The van der Waals surface area contributed by atoms with Gasteiger partial charge in [-0.3, -0.25) is 4.79 Å². The lowest BCUT2D eigenvalue weighted by atomic mass is 9.98. The number of aliphatic hydroxyl groups is 2. The van der Waals surface area contributed by atoms with E-state index in [2.05, 4.69) is 0 Å². The van der Waals surface area contributed by atoms with Gasteiger partial charge in [0.1, 0.15) is 0 Å². The topological polar surface area (TPSA) is 99.8 Å². The maximum Gasteiger partial charge on any atom is 0.251 e. The minimum Gasteiger partial charge on any atom is -0.396 e. The van der Waals surface area contributed by atoms with Crippen LogP contribution in [0.5, 0.6) is 0 Å². The molecule has 1 atom stereocenters. The lowest BCUT2D eigenvalue weighted by Crippen LogP contribution is -2.42. The minimum absolute atomic E-state index is 0.0967. The van der Waals surface area contributed by atoms with Crippen LogP contribution in [0.3, 0.4) is 0 Å². The van der Waals surface area contributed by atoms with Crippen molar-refractivity contribution in [3.05, 3.63) is 69.1 Å². The maximum atomic E-state index is 13.2. The van der Waals surface area contributed by atoms with Crippen LogP contribution in [0.4, 0.5) is 0 Å². The fourth-order valence-electron chi connectivity index (χ4n) is 4.06. The Hall–Kier alpha value is -2.00. The first kappa shape index (κ1) is 22.7. The van der Waals surface area contributed by atoms with Crippen molar-refractivity contribution in [2.75, 3.05) is 13.2 Å². The summed E-state index contributed by atoms with van der Waals surface area (Å²) in [6.07, 6.45) is 0.459. The zero-order valence-electron chi connectivity index (χ0n) is 17.7. The van der Waals surface area contributed by atoms with Crippen molar-refractivity contribution in [3.63, 3.8) is 0 Å². The summed E-state index contributed by atoms with van der Waals surface area (Å²) < 4.78 is 28.5. The van der Waals surface area contributed by atoms with Crippen LogP contribution in [0.15, 0.2) is 41.2 Å². The van der Waals surface area contributed by atoms with Crippen LogP contribution < -0.4 is 5.56 Å². The molecule has 0 saturated carbocycles. The first-order valence-corrected chi connectivity index (χ1v) is 11.6. The molecule has 0 unspecified atom stereocenters. The molecule has 1 aromatic carbocycles. The lowest BCUT2D eigenvalue weighted by molar-refractivity contribution is 0.232. The van der Waals surface area contributed by atoms with E-state index in [0.717, 1.165) is 11.1 Å².